The molecule has 0 spiro atoms. The van der Waals surface area contributed by atoms with Gasteiger partial charge in [-0.2, -0.15) is 0 Å². The van der Waals surface area contributed by atoms with E-state index in [0.717, 1.165) is 56.5 Å². The maximum absolute atomic E-state index is 11.1. The largest absolute Gasteiger partial charge is 0.493 e. The predicted octanol–water partition coefficient (Wildman–Crippen LogP) is 6.74. The summed E-state index contributed by atoms with van der Waals surface area (Å²) >= 11 is 0. The highest BCUT2D eigenvalue weighted by Gasteiger charge is 2.16. The zero-order valence-corrected chi connectivity index (χ0v) is 20.6. The van der Waals surface area contributed by atoms with Gasteiger partial charge < -0.3 is 23.7 Å². The van der Waals surface area contributed by atoms with E-state index in [-0.39, 0.29) is 0 Å². The van der Waals surface area contributed by atoms with Crippen molar-refractivity contribution in [1.82, 2.24) is 0 Å². The van der Waals surface area contributed by atoms with Crippen LogP contribution in [-0.4, -0.2) is 37.5 Å². The summed E-state index contributed by atoms with van der Waals surface area (Å²) in [5, 5.41) is 11.3. The Morgan fingerprint density at radius 2 is 1.46 bits per heavy atom. The number of ether oxygens (including phenoxy) is 3. The minimum absolute atomic E-state index is 0.312. The average molecular weight is 497 g/mol. The van der Waals surface area contributed by atoms with Gasteiger partial charge in [0.15, 0.2) is 6.10 Å². The molecule has 6 heteroatoms. The van der Waals surface area contributed by atoms with E-state index in [4.69, 9.17) is 23.7 Å². The fourth-order valence-electron chi connectivity index (χ4n) is 4.35. The average Bonchev–Trinajstić information content (AvgIpc) is 3.31. The third kappa shape index (κ3) is 5.60. The molecular formula is C31H28O6. The molecule has 1 heterocycles. The molecular weight excluding hydrogens is 468 g/mol. The molecule has 4 aromatic carbocycles. The van der Waals surface area contributed by atoms with Crippen molar-refractivity contribution in [3.63, 3.8) is 0 Å². The SMILES string of the molecule is CO[C@@H](Cc1ccc(OCCCOc2ccc(-c3cccc4c3oc3ccccc34)cc2)cc1)C(=O)O. The third-order valence-corrected chi connectivity index (χ3v) is 6.30. The van der Waals surface area contributed by atoms with Gasteiger partial charge in [0.1, 0.15) is 22.7 Å². The van der Waals surface area contributed by atoms with Crippen molar-refractivity contribution in [3.05, 3.63) is 96.6 Å². The number of aliphatic carboxylic acids is 1. The molecule has 5 aromatic rings. The molecule has 0 saturated heterocycles. The fourth-order valence-corrected chi connectivity index (χ4v) is 4.35. The summed E-state index contributed by atoms with van der Waals surface area (Å²) in [5.41, 5.74) is 4.79. The second-order valence-corrected chi connectivity index (χ2v) is 8.77. The first-order valence-electron chi connectivity index (χ1n) is 12.2. The highest BCUT2D eigenvalue weighted by Crippen LogP contribution is 2.36. The van der Waals surface area contributed by atoms with Crippen LogP contribution >= 0.6 is 0 Å². The smallest absolute Gasteiger partial charge is 0.333 e. The van der Waals surface area contributed by atoms with Crippen LogP contribution in [0.1, 0.15) is 12.0 Å². The lowest BCUT2D eigenvalue weighted by atomic mass is 10.0. The number of hydrogen-bond donors (Lipinski definition) is 1. The molecule has 6 nitrogen and oxygen atoms in total. The maximum atomic E-state index is 11.1. The molecule has 1 aromatic heterocycles. The van der Waals surface area contributed by atoms with Crippen LogP contribution in [0.15, 0.2) is 95.4 Å². The summed E-state index contributed by atoms with van der Waals surface area (Å²) in [6.07, 6.45) is 0.190. The zero-order chi connectivity index (χ0) is 25.6. The monoisotopic (exact) mass is 496 g/mol. The van der Waals surface area contributed by atoms with E-state index in [0.29, 0.717) is 19.6 Å². The molecule has 0 bridgehead atoms. The first-order valence-corrected chi connectivity index (χ1v) is 12.2. The van der Waals surface area contributed by atoms with Gasteiger partial charge in [0.25, 0.3) is 0 Å². The van der Waals surface area contributed by atoms with Gasteiger partial charge in [0.2, 0.25) is 0 Å². The van der Waals surface area contributed by atoms with Crippen LogP contribution in [0.5, 0.6) is 11.5 Å². The summed E-state index contributed by atoms with van der Waals surface area (Å²) in [4.78, 5) is 11.1. The minimum Gasteiger partial charge on any atom is -0.493 e. The summed E-state index contributed by atoms with van der Waals surface area (Å²) < 4.78 is 22.8. The summed E-state index contributed by atoms with van der Waals surface area (Å²) in [7, 11) is 1.40. The Bertz CT molecular complexity index is 1480. The highest BCUT2D eigenvalue weighted by molar-refractivity contribution is 6.09. The second-order valence-electron chi connectivity index (χ2n) is 8.77. The Balaban J connectivity index is 1.12. The van der Waals surface area contributed by atoms with E-state index in [1.54, 1.807) is 0 Å². The molecule has 0 saturated carbocycles. The fraction of sp³-hybridized carbons (Fsp3) is 0.194. The lowest BCUT2D eigenvalue weighted by Crippen LogP contribution is -2.24. The number of para-hydroxylation sites is 2. The number of carboxylic acid groups (broad SMARTS) is 1. The molecule has 0 unspecified atom stereocenters. The molecule has 0 fully saturated rings. The number of carboxylic acids is 1. The number of carbonyl (C=O) groups is 1. The zero-order valence-electron chi connectivity index (χ0n) is 20.6. The van der Waals surface area contributed by atoms with Crippen molar-refractivity contribution in [2.24, 2.45) is 0 Å². The van der Waals surface area contributed by atoms with Crippen LogP contribution in [0.25, 0.3) is 33.1 Å². The van der Waals surface area contributed by atoms with E-state index in [1.807, 2.05) is 66.7 Å². The Morgan fingerprint density at radius 3 is 2.14 bits per heavy atom. The Morgan fingerprint density at radius 1 is 0.811 bits per heavy atom. The number of methoxy groups -OCH3 is 1. The molecule has 188 valence electrons. The van der Waals surface area contributed by atoms with Crippen molar-refractivity contribution < 1.29 is 28.5 Å². The third-order valence-electron chi connectivity index (χ3n) is 6.30. The van der Waals surface area contributed by atoms with Crippen LogP contribution in [0.4, 0.5) is 0 Å². The lowest BCUT2D eigenvalue weighted by molar-refractivity contribution is -0.148. The quantitative estimate of drug-likeness (QED) is 0.204. The van der Waals surface area contributed by atoms with Crippen molar-refractivity contribution in [3.8, 4) is 22.6 Å². The van der Waals surface area contributed by atoms with E-state index < -0.39 is 12.1 Å². The van der Waals surface area contributed by atoms with E-state index in [1.165, 1.54) is 7.11 Å². The lowest BCUT2D eigenvalue weighted by Gasteiger charge is -2.11. The molecule has 0 aliphatic heterocycles. The first-order chi connectivity index (χ1) is 18.1. The normalized spacial score (nSPS) is 12.0. The highest BCUT2D eigenvalue weighted by atomic mass is 16.5. The van der Waals surface area contributed by atoms with E-state index >= 15 is 0 Å². The van der Waals surface area contributed by atoms with Gasteiger partial charge in [-0.25, -0.2) is 4.79 Å². The van der Waals surface area contributed by atoms with Crippen molar-refractivity contribution in [1.29, 1.82) is 0 Å². The Labute approximate surface area is 215 Å². The van der Waals surface area contributed by atoms with Gasteiger partial charge in [-0.3, -0.25) is 0 Å². The number of rotatable bonds is 11. The molecule has 0 amide bonds. The second kappa shape index (κ2) is 11.2. The van der Waals surface area contributed by atoms with Crippen molar-refractivity contribution in [2.75, 3.05) is 20.3 Å². The van der Waals surface area contributed by atoms with Crippen LogP contribution in [-0.2, 0) is 16.0 Å². The molecule has 5 rings (SSSR count). The van der Waals surface area contributed by atoms with Crippen LogP contribution in [0.3, 0.4) is 0 Å². The van der Waals surface area contributed by atoms with Crippen LogP contribution in [0, 0.1) is 0 Å². The molecule has 0 aliphatic carbocycles. The molecule has 0 radical (unpaired) electrons. The maximum Gasteiger partial charge on any atom is 0.333 e. The van der Waals surface area contributed by atoms with Gasteiger partial charge >= 0.3 is 5.97 Å². The minimum atomic E-state index is -0.971. The number of hydrogen-bond acceptors (Lipinski definition) is 5. The van der Waals surface area contributed by atoms with E-state index in [9.17, 15) is 4.79 Å². The van der Waals surface area contributed by atoms with Crippen molar-refractivity contribution >= 4 is 27.9 Å². The number of furan rings is 1. The summed E-state index contributed by atoms with van der Waals surface area (Å²) in [6.45, 7) is 1.05. The van der Waals surface area contributed by atoms with Gasteiger partial charge in [-0.05, 0) is 41.5 Å². The van der Waals surface area contributed by atoms with Gasteiger partial charge in [-0.15, -0.1) is 0 Å². The van der Waals surface area contributed by atoms with Gasteiger partial charge in [-0.1, -0.05) is 60.7 Å². The van der Waals surface area contributed by atoms with Gasteiger partial charge in [0, 0.05) is 36.3 Å². The first kappa shape index (κ1) is 24.4. The molecule has 0 aliphatic rings. The van der Waals surface area contributed by atoms with Crippen LogP contribution < -0.4 is 9.47 Å². The molecule has 37 heavy (non-hydrogen) atoms. The number of fused-ring (bicyclic) bond motifs is 3. The van der Waals surface area contributed by atoms with Crippen molar-refractivity contribution in [2.45, 2.75) is 18.9 Å². The Hall–Kier alpha value is -4.29. The van der Waals surface area contributed by atoms with Crippen LogP contribution in [0.2, 0.25) is 0 Å². The standard InChI is InChI=1S/C31H28O6/c1-34-29(31(32)33)20-21-10-14-23(15-11-21)35-18-5-19-36-24-16-12-22(13-17-24)25-7-4-8-27-26-6-2-3-9-28(26)37-30(25)27/h2-4,6-17,29H,5,18-20H2,1H3,(H,32,33)/t29-/m0/s1. The topological polar surface area (TPSA) is 78.1 Å². The predicted molar refractivity (Wildman–Crippen MR) is 143 cm³/mol. The van der Waals surface area contributed by atoms with E-state index in [2.05, 4.69) is 24.3 Å². The molecule has 1 N–H and O–H groups in total. The van der Waals surface area contributed by atoms with Gasteiger partial charge in [0.05, 0.1) is 13.2 Å². The Kier molecular flexibility index (Phi) is 7.38. The molecule has 1 atom stereocenters. The number of benzene rings is 4. The summed E-state index contributed by atoms with van der Waals surface area (Å²) in [6, 6.07) is 29.8. The summed E-state index contributed by atoms with van der Waals surface area (Å²) in [5.74, 6) is 0.564.